The minimum absolute atomic E-state index is 0.267. The maximum Gasteiger partial charge on any atom is 0.469 e. The number of hydrogen-bond acceptors (Lipinski definition) is 5. The second kappa shape index (κ2) is 4.62. The molecule has 0 fully saturated rings. The number of phosphoric ester groups is 1. The number of rotatable bonds is 3. The number of phosphoric acid groups is 1. The Bertz CT molecular complexity index is 357. The van der Waals surface area contributed by atoms with Crippen LogP contribution in [0.25, 0.3) is 0 Å². The molecule has 0 aromatic carbocycles. The Balaban J connectivity index is 2.85. The van der Waals surface area contributed by atoms with Crippen molar-refractivity contribution >= 4 is 13.8 Å². The minimum atomic E-state index is -4.85. The van der Waals surface area contributed by atoms with E-state index in [-0.39, 0.29) is 5.57 Å². The smallest absolute Gasteiger partial charge is 0.469 e. The average molecular weight is 254 g/mol. The van der Waals surface area contributed by atoms with Crippen LogP contribution < -0.4 is 0 Å². The Labute approximate surface area is 90.0 Å². The molecular weight excluding hydrogens is 243 g/mol. The third-order valence-electron chi connectivity index (χ3n) is 2.07. The molecule has 9 heteroatoms. The van der Waals surface area contributed by atoms with Gasteiger partial charge >= 0.3 is 13.8 Å². The summed E-state index contributed by atoms with van der Waals surface area (Å²) >= 11 is 0. The van der Waals surface area contributed by atoms with Crippen molar-refractivity contribution in [1.82, 2.24) is 0 Å². The average Bonchev–Trinajstić information content (AvgIpc) is 2.10. The van der Waals surface area contributed by atoms with Gasteiger partial charge in [0.2, 0.25) is 0 Å². The van der Waals surface area contributed by atoms with E-state index >= 15 is 0 Å². The molecule has 0 bridgehead atoms. The first-order valence-electron chi connectivity index (χ1n) is 4.25. The summed E-state index contributed by atoms with van der Waals surface area (Å²) in [6, 6.07) is 0. The Morgan fingerprint density at radius 3 is 2.44 bits per heavy atom. The number of aliphatic hydroxyl groups excluding tert-OH is 2. The molecule has 1 rings (SSSR count). The predicted molar refractivity (Wildman–Crippen MR) is 49.3 cm³/mol. The molecule has 5 N–H and O–H groups in total. The molecule has 92 valence electrons. The number of aliphatic carboxylic acids is 1. The normalized spacial score (nSPS) is 31.0. The van der Waals surface area contributed by atoms with Crippen LogP contribution in [0.5, 0.6) is 0 Å². The van der Waals surface area contributed by atoms with Gasteiger partial charge in [-0.15, -0.1) is 0 Å². The molecular formula is C7H11O8P. The highest BCUT2D eigenvalue weighted by Crippen LogP contribution is 2.41. The van der Waals surface area contributed by atoms with E-state index in [9.17, 15) is 19.6 Å². The largest absolute Gasteiger partial charge is 0.478 e. The number of hydrogen-bond donors (Lipinski definition) is 5. The van der Waals surface area contributed by atoms with Crippen molar-refractivity contribution in [2.45, 2.75) is 24.7 Å². The summed E-state index contributed by atoms with van der Waals surface area (Å²) in [6.45, 7) is 0. The van der Waals surface area contributed by atoms with Crippen molar-refractivity contribution in [2.24, 2.45) is 0 Å². The van der Waals surface area contributed by atoms with Gasteiger partial charge in [0.05, 0.1) is 0 Å². The second-order valence-corrected chi connectivity index (χ2v) is 4.51. The van der Waals surface area contributed by atoms with Crippen molar-refractivity contribution in [2.75, 3.05) is 0 Å². The van der Waals surface area contributed by atoms with Gasteiger partial charge in [-0.2, -0.15) is 0 Å². The second-order valence-electron chi connectivity index (χ2n) is 3.32. The molecule has 0 spiro atoms. The van der Waals surface area contributed by atoms with Crippen molar-refractivity contribution in [3.05, 3.63) is 11.6 Å². The van der Waals surface area contributed by atoms with Crippen LogP contribution in [0, 0.1) is 0 Å². The molecule has 0 aromatic heterocycles. The first kappa shape index (κ1) is 13.3. The highest BCUT2D eigenvalue weighted by atomic mass is 31.2. The summed E-state index contributed by atoms with van der Waals surface area (Å²) in [6.07, 6.45) is -4.04. The minimum Gasteiger partial charge on any atom is -0.478 e. The van der Waals surface area contributed by atoms with Gasteiger partial charge in [0.15, 0.2) is 0 Å². The molecule has 8 nitrogen and oxygen atoms in total. The standard InChI is InChI=1S/C7H11O8P/c8-4-1-3(7(10)11)2-5(6(4)9)15-16(12,13)14/h1,4-6,8-9H,2H2,(H,10,11)(H2,12,13,14)/t4-,5-,6+/m1/s1. The lowest BCUT2D eigenvalue weighted by Crippen LogP contribution is -2.42. The van der Waals surface area contributed by atoms with Gasteiger partial charge < -0.3 is 25.1 Å². The highest BCUT2D eigenvalue weighted by molar-refractivity contribution is 7.46. The van der Waals surface area contributed by atoms with E-state index in [1.54, 1.807) is 0 Å². The number of carboxylic acid groups (broad SMARTS) is 1. The summed E-state index contributed by atoms with van der Waals surface area (Å²) in [5, 5.41) is 27.2. The van der Waals surface area contributed by atoms with Crippen LogP contribution >= 0.6 is 7.82 Å². The molecule has 1 aliphatic carbocycles. The first-order chi connectivity index (χ1) is 7.20. The zero-order chi connectivity index (χ0) is 12.5. The van der Waals surface area contributed by atoms with E-state index in [0.717, 1.165) is 6.08 Å². The molecule has 1 aliphatic rings. The molecule has 0 aliphatic heterocycles. The summed E-state index contributed by atoms with van der Waals surface area (Å²) in [5.41, 5.74) is -0.267. The van der Waals surface area contributed by atoms with Crippen LogP contribution in [0.2, 0.25) is 0 Å². The van der Waals surface area contributed by atoms with Crippen LogP contribution in [-0.4, -0.2) is 49.4 Å². The molecule has 0 amide bonds. The quantitative estimate of drug-likeness (QED) is 0.387. The van der Waals surface area contributed by atoms with Crippen molar-refractivity contribution in [3.8, 4) is 0 Å². The molecule has 0 saturated carbocycles. The molecule has 3 atom stereocenters. The van der Waals surface area contributed by atoms with Crippen LogP contribution in [-0.2, 0) is 13.9 Å². The number of carboxylic acids is 1. The van der Waals surface area contributed by atoms with Gasteiger partial charge in [-0.3, -0.25) is 4.52 Å². The third kappa shape index (κ3) is 3.38. The van der Waals surface area contributed by atoms with Crippen molar-refractivity contribution in [3.63, 3.8) is 0 Å². The van der Waals surface area contributed by atoms with Crippen LogP contribution in [0.3, 0.4) is 0 Å². The summed E-state index contributed by atoms with van der Waals surface area (Å²) in [4.78, 5) is 27.7. The zero-order valence-electron chi connectivity index (χ0n) is 7.92. The molecule has 0 unspecified atom stereocenters. The summed E-state index contributed by atoms with van der Waals surface area (Å²) in [7, 11) is -4.85. The maximum atomic E-state index is 10.6. The number of aliphatic hydroxyl groups is 2. The van der Waals surface area contributed by atoms with Gasteiger partial charge in [-0.25, -0.2) is 9.36 Å². The predicted octanol–water partition coefficient (Wildman–Crippen LogP) is -1.40. The van der Waals surface area contributed by atoms with E-state index in [2.05, 4.69) is 4.52 Å². The van der Waals surface area contributed by atoms with Gasteiger partial charge in [-0.05, 0) is 6.08 Å². The Morgan fingerprint density at radius 2 is 2.00 bits per heavy atom. The van der Waals surface area contributed by atoms with E-state index in [0.29, 0.717) is 0 Å². The summed E-state index contributed by atoms with van der Waals surface area (Å²) < 4.78 is 14.7. The van der Waals surface area contributed by atoms with E-state index in [1.807, 2.05) is 0 Å². The van der Waals surface area contributed by atoms with Gasteiger partial charge in [0.1, 0.15) is 18.3 Å². The van der Waals surface area contributed by atoms with E-state index in [1.165, 1.54) is 0 Å². The van der Waals surface area contributed by atoms with Crippen molar-refractivity contribution < 1.29 is 39.0 Å². The Kier molecular flexibility index (Phi) is 3.84. The molecule has 0 radical (unpaired) electrons. The molecule has 0 saturated heterocycles. The van der Waals surface area contributed by atoms with Gasteiger partial charge in [0.25, 0.3) is 0 Å². The lowest BCUT2D eigenvalue weighted by atomic mass is 9.92. The van der Waals surface area contributed by atoms with Crippen LogP contribution in [0.15, 0.2) is 11.6 Å². The first-order valence-corrected chi connectivity index (χ1v) is 5.78. The molecule has 16 heavy (non-hydrogen) atoms. The summed E-state index contributed by atoms with van der Waals surface area (Å²) in [5.74, 6) is -1.34. The van der Waals surface area contributed by atoms with E-state index < -0.39 is 38.5 Å². The van der Waals surface area contributed by atoms with Crippen molar-refractivity contribution in [1.29, 1.82) is 0 Å². The fourth-order valence-corrected chi connectivity index (χ4v) is 1.92. The molecule has 0 heterocycles. The van der Waals surface area contributed by atoms with Gasteiger partial charge in [0, 0.05) is 12.0 Å². The monoisotopic (exact) mass is 254 g/mol. The SMILES string of the molecule is O=C(O)C1=C[C@@H](O)[C@H](O)[C@H](OP(=O)(O)O)C1. The van der Waals surface area contributed by atoms with Gasteiger partial charge in [-0.1, -0.05) is 0 Å². The molecule has 0 aromatic rings. The third-order valence-corrected chi connectivity index (χ3v) is 2.62. The fourth-order valence-electron chi connectivity index (χ4n) is 1.36. The van der Waals surface area contributed by atoms with E-state index in [4.69, 9.17) is 14.9 Å². The Morgan fingerprint density at radius 1 is 1.44 bits per heavy atom. The van der Waals surface area contributed by atoms with Crippen LogP contribution in [0.4, 0.5) is 0 Å². The topological polar surface area (TPSA) is 145 Å². The lowest BCUT2D eigenvalue weighted by Gasteiger charge is -2.29. The maximum absolute atomic E-state index is 10.6. The number of carbonyl (C=O) groups is 1. The fraction of sp³-hybridized carbons (Fsp3) is 0.571. The lowest BCUT2D eigenvalue weighted by molar-refractivity contribution is -0.134. The zero-order valence-corrected chi connectivity index (χ0v) is 8.82. The highest BCUT2D eigenvalue weighted by Gasteiger charge is 2.37. The van der Waals surface area contributed by atoms with Crippen LogP contribution in [0.1, 0.15) is 6.42 Å². The Hall–Kier alpha value is -0.760.